The van der Waals surface area contributed by atoms with E-state index >= 15 is 0 Å². The molecule has 1 aliphatic rings. The fourth-order valence-electron chi connectivity index (χ4n) is 1.71. The molecule has 0 saturated heterocycles. The second-order valence-corrected chi connectivity index (χ2v) is 6.07. The van der Waals surface area contributed by atoms with Crippen molar-refractivity contribution in [3.05, 3.63) is 40.9 Å². The van der Waals surface area contributed by atoms with Gasteiger partial charge in [0, 0.05) is 18.2 Å². The standard InChI is InChI=1S/C13H9ClF3N3S/c14-9-5-11(20-12(19-9)7-1-2-7)21-10-4-3-8(6-18-10)13(15,16)17/h3-7H,1-2H2. The zero-order valence-electron chi connectivity index (χ0n) is 10.6. The van der Waals surface area contributed by atoms with Gasteiger partial charge in [0.1, 0.15) is 21.0 Å². The molecule has 0 aliphatic heterocycles. The molecule has 0 bridgehead atoms. The summed E-state index contributed by atoms with van der Waals surface area (Å²) in [5.74, 6) is 1.04. The van der Waals surface area contributed by atoms with E-state index in [-0.39, 0.29) is 0 Å². The first-order chi connectivity index (χ1) is 9.91. The molecule has 2 heterocycles. The molecule has 0 aromatic carbocycles. The van der Waals surface area contributed by atoms with Crippen LogP contribution in [0.15, 0.2) is 34.4 Å². The third-order valence-electron chi connectivity index (χ3n) is 2.90. The van der Waals surface area contributed by atoms with Crippen LogP contribution in [0, 0.1) is 0 Å². The second kappa shape index (κ2) is 5.46. The van der Waals surface area contributed by atoms with Crippen LogP contribution in [0.4, 0.5) is 13.2 Å². The third-order valence-corrected chi connectivity index (χ3v) is 3.97. The van der Waals surface area contributed by atoms with Crippen LogP contribution in [0.3, 0.4) is 0 Å². The van der Waals surface area contributed by atoms with E-state index in [0.717, 1.165) is 25.1 Å². The number of halogens is 4. The van der Waals surface area contributed by atoms with Crippen LogP contribution in [-0.2, 0) is 6.18 Å². The van der Waals surface area contributed by atoms with Crippen LogP contribution in [0.25, 0.3) is 0 Å². The molecule has 0 spiro atoms. The summed E-state index contributed by atoms with van der Waals surface area (Å²) in [6.07, 6.45) is -1.48. The van der Waals surface area contributed by atoms with Gasteiger partial charge in [-0.25, -0.2) is 15.0 Å². The smallest absolute Gasteiger partial charge is 0.249 e. The Balaban J connectivity index is 1.80. The highest BCUT2D eigenvalue weighted by molar-refractivity contribution is 7.99. The van der Waals surface area contributed by atoms with Crippen molar-refractivity contribution in [2.24, 2.45) is 0 Å². The van der Waals surface area contributed by atoms with E-state index in [1.165, 1.54) is 17.8 Å². The van der Waals surface area contributed by atoms with Crippen LogP contribution in [-0.4, -0.2) is 15.0 Å². The van der Waals surface area contributed by atoms with Gasteiger partial charge >= 0.3 is 6.18 Å². The molecular formula is C13H9ClF3N3S. The number of nitrogens with zero attached hydrogens (tertiary/aromatic N) is 3. The number of rotatable bonds is 3. The maximum absolute atomic E-state index is 12.5. The van der Waals surface area contributed by atoms with Crippen LogP contribution in [0.5, 0.6) is 0 Å². The molecule has 0 atom stereocenters. The van der Waals surface area contributed by atoms with Gasteiger partial charge in [-0.05, 0) is 36.7 Å². The van der Waals surface area contributed by atoms with E-state index in [4.69, 9.17) is 11.6 Å². The molecule has 3 rings (SSSR count). The topological polar surface area (TPSA) is 38.7 Å². The van der Waals surface area contributed by atoms with E-state index in [2.05, 4.69) is 15.0 Å². The summed E-state index contributed by atoms with van der Waals surface area (Å²) in [7, 11) is 0. The Kier molecular flexibility index (Phi) is 3.79. The van der Waals surface area contributed by atoms with Crippen molar-refractivity contribution in [3.63, 3.8) is 0 Å². The van der Waals surface area contributed by atoms with Crippen LogP contribution < -0.4 is 0 Å². The summed E-state index contributed by atoms with van der Waals surface area (Å²) in [6, 6.07) is 3.90. The fraction of sp³-hybridized carbons (Fsp3) is 0.308. The summed E-state index contributed by atoms with van der Waals surface area (Å²) in [5.41, 5.74) is -0.772. The average molecular weight is 332 g/mol. The van der Waals surface area contributed by atoms with E-state index in [0.29, 0.717) is 26.9 Å². The predicted octanol–water partition coefficient (Wildman–Crippen LogP) is 4.57. The minimum absolute atomic E-state index is 0.335. The summed E-state index contributed by atoms with van der Waals surface area (Å²) in [6.45, 7) is 0. The minimum atomic E-state index is -4.38. The van der Waals surface area contributed by atoms with Crippen molar-refractivity contribution in [1.82, 2.24) is 15.0 Å². The van der Waals surface area contributed by atoms with E-state index in [1.807, 2.05) is 0 Å². The first-order valence-electron chi connectivity index (χ1n) is 6.17. The Morgan fingerprint density at radius 2 is 1.90 bits per heavy atom. The minimum Gasteiger partial charge on any atom is -0.249 e. The van der Waals surface area contributed by atoms with E-state index in [9.17, 15) is 13.2 Å². The molecule has 1 aliphatic carbocycles. The Labute approximate surface area is 128 Å². The molecule has 2 aromatic rings. The maximum atomic E-state index is 12.5. The van der Waals surface area contributed by atoms with Crippen molar-refractivity contribution in [2.75, 3.05) is 0 Å². The lowest BCUT2D eigenvalue weighted by molar-refractivity contribution is -0.137. The molecule has 2 aromatic heterocycles. The van der Waals surface area contributed by atoms with Crippen molar-refractivity contribution in [1.29, 1.82) is 0 Å². The quantitative estimate of drug-likeness (QED) is 0.772. The molecule has 3 nitrogen and oxygen atoms in total. The van der Waals surface area contributed by atoms with Crippen molar-refractivity contribution < 1.29 is 13.2 Å². The molecule has 0 N–H and O–H groups in total. The van der Waals surface area contributed by atoms with Gasteiger partial charge in [-0.2, -0.15) is 13.2 Å². The third kappa shape index (κ3) is 3.65. The Morgan fingerprint density at radius 1 is 1.14 bits per heavy atom. The Morgan fingerprint density at radius 3 is 2.48 bits per heavy atom. The first kappa shape index (κ1) is 14.6. The largest absolute Gasteiger partial charge is 0.417 e. The fourth-order valence-corrected chi connectivity index (χ4v) is 2.73. The monoisotopic (exact) mass is 331 g/mol. The van der Waals surface area contributed by atoms with Gasteiger partial charge in [-0.3, -0.25) is 0 Å². The summed E-state index contributed by atoms with van der Waals surface area (Å²) in [4.78, 5) is 12.3. The van der Waals surface area contributed by atoms with Gasteiger partial charge in [0.15, 0.2) is 0 Å². The highest BCUT2D eigenvalue weighted by atomic mass is 35.5. The van der Waals surface area contributed by atoms with Gasteiger partial charge in [0.05, 0.1) is 5.56 Å². The molecule has 21 heavy (non-hydrogen) atoms. The lowest BCUT2D eigenvalue weighted by Gasteiger charge is -2.07. The average Bonchev–Trinajstić information content (AvgIpc) is 3.21. The van der Waals surface area contributed by atoms with Gasteiger partial charge in [0.25, 0.3) is 0 Å². The zero-order valence-corrected chi connectivity index (χ0v) is 12.1. The molecule has 1 fully saturated rings. The highest BCUT2D eigenvalue weighted by Gasteiger charge is 2.31. The number of pyridine rings is 1. The summed E-state index contributed by atoms with van der Waals surface area (Å²) < 4.78 is 37.4. The number of hydrogen-bond donors (Lipinski definition) is 0. The molecule has 0 unspecified atom stereocenters. The van der Waals surface area contributed by atoms with Gasteiger partial charge in [-0.15, -0.1) is 0 Å². The lowest BCUT2D eigenvalue weighted by atomic mass is 10.3. The van der Waals surface area contributed by atoms with Gasteiger partial charge in [0.2, 0.25) is 0 Å². The molecular weight excluding hydrogens is 323 g/mol. The van der Waals surface area contributed by atoms with E-state index < -0.39 is 11.7 Å². The SMILES string of the molecule is FC(F)(F)c1ccc(Sc2cc(Cl)nc(C3CC3)n2)nc1. The molecule has 0 radical (unpaired) electrons. The molecule has 110 valence electrons. The van der Waals surface area contributed by atoms with Crippen LogP contribution in [0.1, 0.15) is 30.1 Å². The van der Waals surface area contributed by atoms with Crippen molar-refractivity contribution >= 4 is 23.4 Å². The molecule has 0 amide bonds. The zero-order chi connectivity index (χ0) is 15.0. The molecule has 8 heteroatoms. The van der Waals surface area contributed by atoms with Crippen LogP contribution >= 0.6 is 23.4 Å². The molecule has 1 saturated carbocycles. The number of hydrogen-bond acceptors (Lipinski definition) is 4. The normalized spacial score (nSPS) is 15.2. The van der Waals surface area contributed by atoms with Crippen molar-refractivity contribution in [3.8, 4) is 0 Å². The first-order valence-corrected chi connectivity index (χ1v) is 7.37. The maximum Gasteiger partial charge on any atom is 0.417 e. The van der Waals surface area contributed by atoms with Gasteiger partial charge in [-0.1, -0.05) is 11.6 Å². The predicted molar refractivity (Wildman–Crippen MR) is 72.4 cm³/mol. The Bertz CT molecular complexity index is 657. The van der Waals surface area contributed by atoms with Gasteiger partial charge < -0.3 is 0 Å². The van der Waals surface area contributed by atoms with E-state index in [1.54, 1.807) is 6.07 Å². The highest BCUT2D eigenvalue weighted by Crippen LogP contribution is 2.39. The number of aromatic nitrogens is 3. The Hall–Kier alpha value is -1.34. The lowest BCUT2D eigenvalue weighted by Crippen LogP contribution is -2.05. The second-order valence-electron chi connectivity index (χ2n) is 4.65. The van der Waals surface area contributed by atoms with Crippen LogP contribution in [0.2, 0.25) is 5.15 Å². The summed E-state index contributed by atoms with van der Waals surface area (Å²) in [5, 5.41) is 1.35. The summed E-state index contributed by atoms with van der Waals surface area (Å²) >= 11 is 7.11. The van der Waals surface area contributed by atoms with Crippen molar-refractivity contribution in [2.45, 2.75) is 35.0 Å². The number of alkyl halides is 3.